The molecule has 0 aliphatic heterocycles. The van der Waals surface area contributed by atoms with Crippen molar-refractivity contribution < 1.29 is 28.0 Å². The van der Waals surface area contributed by atoms with Crippen LogP contribution < -0.4 is 0 Å². The Kier molecular flexibility index (Phi) is 7.31. The van der Waals surface area contributed by atoms with Gasteiger partial charge in [0.05, 0.1) is 16.5 Å². The first-order chi connectivity index (χ1) is 15.1. The van der Waals surface area contributed by atoms with Gasteiger partial charge in [0.1, 0.15) is 11.5 Å². The van der Waals surface area contributed by atoms with Crippen molar-refractivity contribution in [2.75, 3.05) is 17.9 Å². The summed E-state index contributed by atoms with van der Waals surface area (Å²) in [7, 11) is -4.33. The second kappa shape index (κ2) is 9.63. The summed E-state index contributed by atoms with van der Waals surface area (Å²) in [6.07, 6.45) is 1.63. The van der Waals surface area contributed by atoms with Crippen LogP contribution in [0.15, 0.2) is 64.0 Å². The van der Waals surface area contributed by atoms with Gasteiger partial charge in [-0.05, 0) is 30.9 Å². The lowest BCUT2D eigenvalue weighted by atomic mass is 10.0. The lowest BCUT2D eigenvalue weighted by Crippen LogP contribution is -2.50. The largest absolute Gasteiger partial charge is 0.373 e. The van der Waals surface area contributed by atoms with Gasteiger partial charge in [-0.25, -0.2) is 13.5 Å². The Hall–Kier alpha value is -2.37. The number of rotatable bonds is 8. The number of carbonyl (C=O) groups excluding carboxylic acids is 1. The molecule has 0 aliphatic carbocycles. The van der Waals surface area contributed by atoms with E-state index in [-0.39, 0.29) is 32.3 Å². The average molecular weight is 497 g/mol. The fourth-order valence-corrected chi connectivity index (χ4v) is 5.57. The van der Waals surface area contributed by atoms with Crippen LogP contribution in [-0.4, -0.2) is 52.7 Å². The number of sulfone groups is 1. The molecule has 0 radical (unpaired) electrons. The molecule has 0 aliphatic rings. The Morgan fingerprint density at radius 3 is 2.50 bits per heavy atom. The van der Waals surface area contributed by atoms with E-state index in [2.05, 4.69) is 5.16 Å². The quantitative estimate of drug-likeness (QED) is 0.276. The molecule has 1 unspecified atom stereocenters. The van der Waals surface area contributed by atoms with Crippen LogP contribution in [0.25, 0.3) is 11.1 Å². The van der Waals surface area contributed by atoms with E-state index < -0.39 is 27.1 Å². The second-order valence-electron chi connectivity index (χ2n) is 7.07. The zero-order chi connectivity index (χ0) is 23.5. The summed E-state index contributed by atoms with van der Waals surface area (Å²) >= 11 is 7.19. The first kappa shape index (κ1) is 24.3. The average Bonchev–Trinajstić information content (AvgIpc) is 3.20. The van der Waals surface area contributed by atoms with Gasteiger partial charge in [-0.3, -0.25) is 10.0 Å². The van der Waals surface area contributed by atoms with Crippen LogP contribution in [-0.2, 0) is 20.2 Å². The molecule has 1 atom stereocenters. The van der Waals surface area contributed by atoms with E-state index in [9.17, 15) is 23.5 Å². The summed E-state index contributed by atoms with van der Waals surface area (Å²) in [4.78, 5) is 12.8. The number of carbonyl (C=O) groups is 1. The summed E-state index contributed by atoms with van der Waals surface area (Å²) in [5, 5.41) is 25.5. The maximum Gasteiger partial charge on any atom is 0.286 e. The van der Waals surface area contributed by atoms with Crippen molar-refractivity contribution in [3.05, 3.63) is 71.1 Å². The summed E-state index contributed by atoms with van der Waals surface area (Å²) < 4.78 is 32.0. The van der Waals surface area contributed by atoms with E-state index in [0.717, 1.165) is 11.8 Å². The Labute approximate surface area is 194 Å². The van der Waals surface area contributed by atoms with Gasteiger partial charge < -0.3 is 9.63 Å². The van der Waals surface area contributed by atoms with Crippen molar-refractivity contribution in [1.29, 1.82) is 0 Å². The molecular formula is C21H21ClN2O6S2. The second-order valence-corrected chi connectivity index (χ2v) is 10.3. The zero-order valence-electron chi connectivity index (χ0n) is 17.2. The number of hydroxylamine groups is 2. The highest BCUT2D eigenvalue weighted by Gasteiger charge is 2.48. The van der Waals surface area contributed by atoms with Crippen LogP contribution in [0.3, 0.4) is 0 Å². The number of hydrogen-bond donors (Lipinski definition) is 2. The van der Waals surface area contributed by atoms with Gasteiger partial charge in [-0.2, -0.15) is 0 Å². The molecule has 2 N–H and O–H groups in total. The smallest absolute Gasteiger partial charge is 0.286 e. The van der Waals surface area contributed by atoms with E-state index in [1.165, 1.54) is 19.1 Å². The van der Waals surface area contributed by atoms with Crippen molar-refractivity contribution in [3.8, 4) is 11.1 Å². The van der Waals surface area contributed by atoms with Crippen LogP contribution in [0.4, 0.5) is 0 Å². The number of aromatic nitrogens is 1. The maximum absolute atomic E-state index is 13.5. The van der Waals surface area contributed by atoms with Gasteiger partial charge in [0.15, 0.2) is 9.84 Å². The van der Waals surface area contributed by atoms with E-state index in [1.807, 2.05) is 0 Å². The fraction of sp³-hybridized carbons (Fsp3) is 0.238. The van der Waals surface area contributed by atoms with Gasteiger partial charge in [0.2, 0.25) is 5.60 Å². The Morgan fingerprint density at radius 1 is 1.22 bits per heavy atom. The number of thioether (sulfide) groups is 1. The highest BCUT2D eigenvalue weighted by molar-refractivity contribution is 7.98. The predicted octanol–water partition coefficient (Wildman–Crippen LogP) is 3.50. The summed E-state index contributed by atoms with van der Waals surface area (Å²) in [5.74, 6) is -2.27. The molecule has 2 aromatic carbocycles. The molecular weight excluding hydrogens is 476 g/mol. The van der Waals surface area contributed by atoms with Crippen LogP contribution >= 0.6 is 23.4 Å². The molecule has 0 spiro atoms. The first-order valence-electron chi connectivity index (χ1n) is 9.32. The molecule has 1 aromatic heterocycles. The SMILES string of the molecule is CSCN(O)C(=O)C(O)(CS(=O)(=O)c1cc(Cl)ccc1-c1ccccc1)c1cc(C)on1. The number of benzene rings is 2. The molecule has 0 saturated carbocycles. The van der Waals surface area contributed by atoms with Crippen molar-refractivity contribution in [2.45, 2.75) is 17.4 Å². The number of hydrogen-bond acceptors (Lipinski definition) is 8. The van der Waals surface area contributed by atoms with Gasteiger partial charge >= 0.3 is 0 Å². The molecule has 1 heterocycles. The minimum absolute atomic E-state index is 0.168. The third-order valence-corrected chi connectivity index (χ3v) is 7.20. The van der Waals surface area contributed by atoms with E-state index in [4.69, 9.17) is 16.1 Å². The molecule has 170 valence electrons. The number of nitrogens with zero attached hydrogens (tertiary/aromatic N) is 2. The van der Waals surface area contributed by atoms with E-state index >= 15 is 0 Å². The van der Waals surface area contributed by atoms with Crippen LogP contribution in [0, 0.1) is 6.92 Å². The molecule has 3 aromatic rings. The zero-order valence-corrected chi connectivity index (χ0v) is 19.6. The van der Waals surface area contributed by atoms with Crippen LogP contribution in [0.1, 0.15) is 11.5 Å². The lowest BCUT2D eigenvalue weighted by Gasteiger charge is -2.28. The topological polar surface area (TPSA) is 121 Å². The van der Waals surface area contributed by atoms with Crippen molar-refractivity contribution in [2.24, 2.45) is 0 Å². The fourth-order valence-electron chi connectivity index (χ4n) is 3.16. The van der Waals surface area contributed by atoms with Gasteiger partial charge in [-0.1, -0.05) is 53.2 Å². The molecule has 0 fully saturated rings. The molecule has 1 amide bonds. The van der Waals surface area contributed by atoms with Gasteiger partial charge in [-0.15, -0.1) is 11.8 Å². The third kappa shape index (κ3) is 5.00. The van der Waals surface area contributed by atoms with Crippen molar-refractivity contribution in [3.63, 3.8) is 0 Å². The highest BCUT2D eigenvalue weighted by atomic mass is 35.5. The number of halogens is 1. The Bertz CT molecular complexity index is 1220. The van der Waals surface area contributed by atoms with E-state index in [1.54, 1.807) is 48.7 Å². The number of aliphatic hydroxyl groups is 1. The van der Waals surface area contributed by atoms with Gasteiger partial charge in [0.25, 0.3) is 5.91 Å². The van der Waals surface area contributed by atoms with Crippen LogP contribution in [0.5, 0.6) is 0 Å². The minimum Gasteiger partial charge on any atom is -0.373 e. The Morgan fingerprint density at radius 2 is 1.91 bits per heavy atom. The minimum atomic E-state index is -4.33. The third-order valence-electron chi connectivity index (χ3n) is 4.65. The summed E-state index contributed by atoms with van der Waals surface area (Å²) in [6, 6.07) is 14.4. The van der Waals surface area contributed by atoms with Crippen molar-refractivity contribution in [1.82, 2.24) is 10.2 Å². The number of amides is 1. The standard InChI is InChI=1S/C21H21ClN2O6S2/c1-14-10-19(23-30-14)21(26,20(25)24(27)13-31-2)12-32(28,29)18-11-16(22)8-9-17(18)15-6-4-3-5-7-15/h3-11,26-27H,12-13H2,1-2H3. The van der Waals surface area contributed by atoms with Crippen molar-refractivity contribution >= 4 is 39.1 Å². The summed E-state index contributed by atoms with van der Waals surface area (Å²) in [6.45, 7) is 1.53. The number of aryl methyl sites for hydroxylation is 1. The van der Waals surface area contributed by atoms with Crippen LogP contribution in [0.2, 0.25) is 5.02 Å². The molecule has 8 nitrogen and oxygen atoms in total. The molecule has 11 heteroatoms. The first-order valence-corrected chi connectivity index (χ1v) is 12.7. The van der Waals surface area contributed by atoms with E-state index in [0.29, 0.717) is 11.1 Å². The summed E-state index contributed by atoms with van der Waals surface area (Å²) in [5.41, 5.74) is -2.06. The molecule has 0 saturated heterocycles. The Balaban J connectivity index is 2.13. The lowest BCUT2D eigenvalue weighted by molar-refractivity contribution is -0.181. The maximum atomic E-state index is 13.5. The molecule has 32 heavy (non-hydrogen) atoms. The normalized spacial score (nSPS) is 13.5. The highest BCUT2D eigenvalue weighted by Crippen LogP contribution is 2.34. The monoisotopic (exact) mass is 496 g/mol. The predicted molar refractivity (Wildman–Crippen MR) is 121 cm³/mol. The molecule has 0 bridgehead atoms. The molecule has 3 rings (SSSR count). The van der Waals surface area contributed by atoms with Gasteiger partial charge in [0, 0.05) is 16.7 Å².